The molecule has 0 aliphatic carbocycles. The van der Waals surface area contributed by atoms with Crippen molar-refractivity contribution >= 4 is 51.5 Å². The average molecular weight is 471 g/mol. The van der Waals surface area contributed by atoms with Crippen LogP contribution in [0.3, 0.4) is 0 Å². The molecule has 3 aromatic rings. The summed E-state index contributed by atoms with van der Waals surface area (Å²) in [5.41, 5.74) is 0.866. The highest BCUT2D eigenvalue weighted by Crippen LogP contribution is 2.32. The molecule has 0 saturated heterocycles. The SMILES string of the molecule is Cc1sc(NC(=O)CCN2C(=O)c3cccc([N+](=O)[O-])c3C2=O)nc1-c1ccc(Cl)cc1. The van der Waals surface area contributed by atoms with E-state index in [-0.39, 0.29) is 24.1 Å². The molecule has 1 N–H and O–H groups in total. The van der Waals surface area contributed by atoms with E-state index in [2.05, 4.69) is 10.3 Å². The van der Waals surface area contributed by atoms with Crippen LogP contribution in [-0.4, -0.2) is 39.1 Å². The number of carbonyl (C=O) groups excluding carboxylic acids is 3. The standard InChI is InChI=1S/C21H15ClN4O5S/c1-11-18(12-5-7-13(22)8-6-12)24-21(32-11)23-16(27)9-10-25-19(28)14-3-2-4-15(26(30)31)17(14)20(25)29/h2-8H,9-10H2,1H3,(H,23,24,27). The molecule has 0 atom stereocenters. The lowest BCUT2D eigenvalue weighted by atomic mass is 10.1. The molecule has 2 aromatic carbocycles. The van der Waals surface area contributed by atoms with Crippen molar-refractivity contribution in [2.75, 3.05) is 11.9 Å². The first-order chi connectivity index (χ1) is 15.3. The fourth-order valence-corrected chi connectivity index (χ4v) is 4.37. The van der Waals surface area contributed by atoms with Gasteiger partial charge in [0.05, 0.1) is 16.2 Å². The van der Waals surface area contributed by atoms with Gasteiger partial charge in [0, 0.05) is 34.5 Å². The highest BCUT2D eigenvalue weighted by Gasteiger charge is 2.40. The summed E-state index contributed by atoms with van der Waals surface area (Å²) in [5, 5.41) is 14.8. The summed E-state index contributed by atoms with van der Waals surface area (Å²) in [6.45, 7) is 1.67. The largest absolute Gasteiger partial charge is 0.302 e. The first-order valence-electron chi connectivity index (χ1n) is 9.43. The zero-order valence-corrected chi connectivity index (χ0v) is 18.2. The molecule has 4 rings (SSSR count). The Labute approximate surface area is 190 Å². The molecule has 32 heavy (non-hydrogen) atoms. The number of aryl methyl sites for hydroxylation is 1. The van der Waals surface area contributed by atoms with Gasteiger partial charge in [-0.05, 0) is 25.1 Å². The number of imide groups is 1. The Bertz CT molecular complexity index is 1270. The second-order valence-corrected chi connectivity index (χ2v) is 8.59. The summed E-state index contributed by atoms with van der Waals surface area (Å²) < 4.78 is 0. The van der Waals surface area contributed by atoms with E-state index in [4.69, 9.17) is 11.6 Å². The molecule has 9 nitrogen and oxygen atoms in total. The minimum Gasteiger partial charge on any atom is -0.302 e. The molecular weight excluding hydrogens is 456 g/mol. The number of anilines is 1. The zero-order chi connectivity index (χ0) is 23.0. The molecule has 1 aliphatic rings. The topological polar surface area (TPSA) is 123 Å². The van der Waals surface area contributed by atoms with Gasteiger partial charge in [0.2, 0.25) is 5.91 Å². The van der Waals surface area contributed by atoms with Gasteiger partial charge < -0.3 is 5.32 Å². The third-order valence-corrected chi connectivity index (χ3v) is 6.04. The van der Waals surface area contributed by atoms with Crippen LogP contribution in [0.5, 0.6) is 0 Å². The van der Waals surface area contributed by atoms with E-state index in [9.17, 15) is 24.5 Å². The van der Waals surface area contributed by atoms with E-state index in [0.29, 0.717) is 10.2 Å². The first kappa shape index (κ1) is 21.6. The van der Waals surface area contributed by atoms with Gasteiger partial charge in [-0.1, -0.05) is 29.8 Å². The number of nitro groups is 1. The van der Waals surface area contributed by atoms with Crippen LogP contribution in [0.25, 0.3) is 11.3 Å². The number of benzene rings is 2. The second-order valence-electron chi connectivity index (χ2n) is 6.95. The van der Waals surface area contributed by atoms with Crippen LogP contribution in [-0.2, 0) is 4.79 Å². The maximum Gasteiger partial charge on any atom is 0.282 e. The van der Waals surface area contributed by atoms with Gasteiger partial charge in [0.15, 0.2) is 5.13 Å². The molecule has 0 fully saturated rings. The number of hydrogen-bond donors (Lipinski definition) is 1. The molecule has 162 valence electrons. The van der Waals surface area contributed by atoms with Gasteiger partial charge in [-0.15, -0.1) is 11.3 Å². The number of nitro benzene ring substituents is 1. The Morgan fingerprint density at radius 2 is 1.91 bits per heavy atom. The lowest BCUT2D eigenvalue weighted by Gasteiger charge is -2.12. The Morgan fingerprint density at radius 3 is 2.59 bits per heavy atom. The number of nitrogens with zero attached hydrogens (tertiary/aromatic N) is 3. The van der Waals surface area contributed by atoms with Crippen LogP contribution in [0.15, 0.2) is 42.5 Å². The van der Waals surface area contributed by atoms with E-state index in [1.165, 1.54) is 29.5 Å². The van der Waals surface area contributed by atoms with Crippen LogP contribution < -0.4 is 5.32 Å². The molecule has 0 spiro atoms. The van der Waals surface area contributed by atoms with Crippen molar-refractivity contribution in [3.63, 3.8) is 0 Å². The fraction of sp³-hybridized carbons (Fsp3) is 0.143. The number of thiazole rings is 1. The highest BCUT2D eigenvalue weighted by atomic mass is 35.5. The number of aromatic nitrogens is 1. The Kier molecular flexibility index (Phi) is 5.72. The van der Waals surface area contributed by atoms with E-state index in [0.717, 1.165) is 21.0 Å². The Hall–Kier alpha value is -3.63. The molecule has 2 heterocycles. The zero-order valence-electron chi connectivity index (χ0n) is 16.6. The molecular formula is C21H15ClN4O5S. The summed E-state index contributed by atoms with van der Waals surface area (Å²) >= 11 is 7.21. The van der Waals surface area contributed by atoms with Crippen LogP contribution in [0.1, 0.15) is 32.0 Å². The monoisotopic (exact) mass is 470 g/mol. The number of hydrogen-bond acceptors (Lipinski definition) is 7. The van der Waals surface area contributed by atoms with Crippen molar-refractivity contribution in [3.05, 3.63) is 73.6 Å². The second kappa shape index (κ2) is 8.48. The fourth-order valence-electron chi connectivity index (χ4n) is 3.39. The first-order valence-corrected chi connectivity index (χ1v) is 10.6. The summed E-state index contributed by atoms with van der Waals surface area (Å²) in [6.07, 6.45) is -0.172. The lowest BCUT2D eigenvalue weighted by molar-refractivity contribution is -0.385. The number of nitrogens with one attached hydrogen (secondary N) is 1. The predicted molar refractivity (Wildman–Crippen MR) is 119 cm³/mol. The Morgan fingerprint density at radius 1 is 1.19 bits per heavy atom. The van der Waals surface area contributed by atoms with E-state index in [1.807, 2.05) is 19.1 Å². The van der Waals surface area contributed by atoms with E-state index >= 15 is 0 Å². The van der Waals surface area contributed by atoms with Gasteiger partial charge in [-0.25, -0.2) is 4.98 Å². The number of fused-ring (bicyclic) bond motifs is 1. The van der Waals surface area contributed by atoms with Crippen molar-refractivity contribution in [1.82, 2.24) is 9.88 Å². The van der Waals surface area contributed by atoms with Crippen molar-refractivity contribution in [3.8, 4) is 11.3 Å². The quantitative estimate of drug-likeness (QED) is 0.325. The number of halogens is 1. The summed E-state index contributed by atoms with van der Waals surface area (Å²) in [4.78, 5) is 54.2. The lowest BCUT2D eigenvalue weighted by Crippen LogP contribution is -2.33. The number of amides is 3. The summed E-state index contributed by atoms with van der Waals surface area (Å²) in [7, 11) is 0. The smallest absolute Gasteiger partial charge is 0.282 e. The summed E-state index contributed by atoms with van der Waals surface area (Å²) in [6, 6.07) is 11.0. The molecule has 0 saturated carbocycles. The van der Waals surface area contributed by atoms with Crippen molar-refractivity contribution in [1.29, 1.82) is 0 Å². The van der Waals surface area contributed by atoms with Gasteiger partial charge in [-0.3, -0.25) is 29.4 Å². The third-order valence-electron chi connectivity index (χ3n) is 4.90. The molecule has 11 heteroatoms. The molecule has 0 radical (unpaired) electrons. The average Bonchev–Trinajstić information content (AvgIpc) is 3.24. The maximum atomic E-state index is 12.6. The molecule has 1 aromatic heterocycles. The minimum absolute atomic E-state index is 0.0345. The summed E-state index contributed by atoms with van der Waals surface area (Å²) in [5.74, 6) is -1.87. The molecule has 3 amide bonds. The molecule has 0 unspecified atom stereocenters. The van der Waals surface area contributed by atoms with E-state index < -0.39 is 28.3 Å². The number of carbonyl (C=O) groups is 3. The van der Waals surface area contributed by atoms with Crippen molar-refractivity contribution < 1.29 is 19.3 Å². The van der Waals surface area contributed by atoms with Gasteiger partial charge in [0.1, 0.15) is 5.56 Å². The van der Waals surface area contributed by atoms with E-state index in [1.54, 1.807) is 12.1 Å². The van der Waals surface area contributed by atoms with Gasteiger partial charge >= 0.3 is 0 Å². The predicted octanol–water partition coefficient (Wildman–Crippen LogP) is 4.30. The molecule has 0 bridgehead atoms. The minimum atomic E-state index is -0.778. The van der Waals surface area contributed by atoms with Gasteiger partial charge in [-0.2, -0.15) is 0 Å². The van der Waals surface area contributed by atoms with Gasteiger partial charge in [0.25, 0.3) is 17.5 Å². The number of rotatable bonds is 6. The van der Waals surface area contributed by atoms with Crippen LogP contribution in [0.2, 0.25) is 5.02 Å². The van der Waals surface area contributed by atoms with Crippen molar-refractivity contribution in [2.45, 2.75) is 13.3 Å². The normalized spacial score (nSPS) is 12.8. The maximum absolute atomic E-state index is 12.6. The van der Waals surface area contributed by atoms with Crippen LogP contribution >= 0.6 is 22.9 Å². The highest BCUT2D eigenvalue weighted by molar-refractivity contribution is 7.16. The van der Waals surface area contributed by atoms with Crippen LogP contribution in [0, 0.1) is 17.0 Å². The van der Waals surface area contributed by atoms with Crippen LogP contribution in [0.4, 0.5) is 10.8 Å². The third kappa shape index (κ3) is 3.97. The Balaban J connectivity index is 1.43. The molecule has 1 aliphatic heterocycles. The van der Waals surface area contributed by atoms with Crippen molar-refractivity contribution in [2.24, 2.45) is 0 Å².